The number of hydrogen-bond acceptors (Lipinski definition) is 5. The Morgan fingerprint density at radius 2 is 2.39 bits per heavy atom. The molecule has 1 atom stereocenters. The first-order valence-corrected chi connectivity index (χ1v) is 6.41. The van der Waals surface area contributed by atoms with E-state index in [2.05, 4.69) is 4.98 Å². The molecule has 96 valence electrons. The van der Waals surface area contributed by atoms with Gasteiger partial charge in [0.1, 0.15) is 11.6 Å². The van der Waals surface area contributed by atoms with Gasteiger partial charge in [0.15, 0.2) is 0 Å². The third-order valence-corrected chi connectivity index (χ3v) is 3.64. The van der Waals surface area contributed by atoms with Gasteiger partial charge in [-0.2, -0.15) is 0 Å². The molecule has 2 rings (SSSR count). The third kappa shape index (κ3) is 2.26. The first-order valence-electron chi connectivity index (χ1n) is 5.25. The minimum atomic E-state index is -0.990. The van der Waals surface area contributed by atoms with Gasteiger partial charge in [-0.3, -0.25) is 4.79 Å². The predicted octanol–water partition coefficient (Wildman–Crippen LogP) is 0.690. The van der Waals surface area contributed by atoms with Gasteiger partial charge < -0.3 is 14.7 Å². The maximum Gasteiger partial charge on any atom is 0.327 e. The summed E-state index contributed by atoms with van der Waals surface area (Å²) < 4.78 is 5.01. The van der Waals surface area contributed by atoms with Crippen LogP contribution >= 0.6 is 11.8 Å². The summed E-state index contributed by atoms with van der Waals surface area (Å²) in [5, 5.41) is 9.05. The highest BCUT2D eigenvalue weighted by Gasteiger charge is 2.36. The average Bonchev–Trinajstić information content (AvgIpc) is 2.87. The van der Waals surface area contributed by atoms with Crippen molar-refractivity contribution >= 4 is 23.6 Å². The van der Waals surface area contributed by atoms with E-state index in [-0.39, 0.29) is 17.4 Å². The Morgan fingerprint density at radius 1 is 1.61 bits per heavy atom. The molecule has 1 aromatic rings. The van der Waals surface area contributed by atoms with Crippen molar-refractivity contribution in [3.8, 4) is 5.88 Å². The van der Waals surface area contributed by atoms with Crippen LogP contribution in [0, 0.1) is 0 Å². The van der Waals surface area contributed by atoms with Crippen LogP contribution in [-0.4, -0.2) is 51.6 Å². The molecule has 1 aromatic heterocycles. The van der Waals surface area contributed by atoms with Gasteiger partial charge in [0.25, 0.3) is 5.91 Å². The second kappa shape index (κ2) is 5.26. The zero-order valence-electron chi connectivity index (χ0n) is 9.70. The highest BCUT2D eigenvalue weighted by Crippen LogP contribution is 2.25. The number of amides is 1. The third-order valence-electron chi connectivity index (χ3n) is 2.62. The molecule has 6 nitrogen and oxygen atoms in total. The number of carboxylic acids is 1. The number of methoxy groups -OCH3 is 1. The largest absolute Gasteiger partial charge is 0.480 e. The summed E-state index contributed by atoms with van der Waals surface area (Å²) in [7, 11) is 1.42. The van der Waals surface area contributed by atoms with Crippen molar-refractivity contribution in [2.24, 2.45) is 0 Å². The van der Waals surface area contributed by atoms with Crippen LogP contribution in [0.2, 0.25) is 0 Å². The SMILES string of the molecule is COc1ncccc1C(=O)N1CSCC1C(=O)O. The minimum Gasteiger partial charge on any atom is -0.480 e. The van der Waals surface area contributed by atoms with Crippen LogP contribution < -0.4 is 4.74 Å². The van der Waals surface area contributed by atoms with E-state index in [0.29, 0.717) is 11.6 Å². The van der Waals surface area contributed by atoms with Gasteiger partial charge in [0.05, 0.1) is 13.0 Å². The van der Waals surface area contributed by atoms with E-state index in [9.17, 15) is 9.59 Å². The molecular weight excluding hydrogens is 256 g/mol. The number of aromatic nitrogens is 1. The molecule has 1 aliphatic heterocycles. The Bertz CT molecular complexity index is 480. The fourth-order valence-corrected chi connectivity index (χ4v) is 2.86. The van der Waals surface area contributed by atoms with Gasteiger partial charge in [-0.05, 0) is 12.1 Å². The van der Waals surface area contributed by atoms with E-state index in [1.54, 1.807) is 12.1 Å². The molecule has 1 saturated heterocycles. The van der Waals surface area contributed by atoms with Crippen LogP contribution in [0.25, 0.3) is 0 Å². The lowest BCUT2D eigenvalue weighted by atomic mass is 10.2. The number of ether oxygens (including phenoxy) is 1. The first-order chi connectivity index (χ1) is 8.65. The van der Waals surface area contributed by atoms with E-state index in [0.717, 1.165) is 0 Å². The van der Waals surface area contributed by atoms with E-state index >= 15 is 0 Å². The Balaban J connectivity index is 2.28. The number of aliphatic carboxylic acids is 1. The molecule has 1 fully saturated rings. The number of carboxylic acid groups (broad SMARTS) is 1. The molecule has 1 aliphatic rings. The Labute approximate surface area is 108 Å². The summed E-state index contributed by atoms with van der Waals surface area (Å²) in [5.41, 5.74) is 0.286. The van der Waals surface area contributed by atoms with Gasteiger partial charge in [0.2, 0.25) is 5.88 Å². The van der Waals surface area contributed by atoms with Crippen LogP contribution in [-0.2, 0) is 4.79 Å². The lowest BCUT2D eigenvalue weighted by molar-refractivity contribution is -0.140. The summed E-state index contributed by atoms with van der Waals surface area (Å²) in [6.45, 7) is 0. The number of hydrogen-bond donors (Lipinski definition) is 1. The van der Waals surface area contributed by atoms with Crippen LogP contribution in [0.4, 0.5) is 0 Å². The average molecular weight is 268 g/mol. The van der Waals surface area contributed by atoms with Crippen molar-refractivity contribution in [2.75, 3.05) is 18.7 Å². The van der Waals surface area contributed by atoms with E-state index in [1.165, 1.54) is 30.0 Å². The molecule has 1 unspecified atom stereocenters. The number of thioether (sulfide) groups is 1. The zero-order valence-corrected chi connectivity index (χ0v) is 10.5. The second-order valence-electron chi connectivity index (χ2n) is 3.69. The molecular formula is C11H12N2O4S. The van der Waals surface area contributed by atoms with Gasteiger partial charge >= 0.3 is 5.97 Å². The van der Waals surface area contributed by atoms with Crippen LogP contribution in [0.15, 0.2) is 18.3 Å². The Kier molecular flexibility index (Phi) is 3.71. The number of carbonyl (C=O) groups excluding carboxylic acids is 1. The molecule has 0 spiro atoms. The maximum atomic E-state index is 12.3. The normalized spacial score (nSPS) is 18.7. The fraction of sp³-hybridized carbons (Fsp3) is 0.364. The quantitative estimate of drug-likeness (QED) is 0.868. The van der Waals surface area contributed by atoms with Crippen LogP contribution in [0.1, 0.15) is 10.4 Å². The molecule has 0 aromatic carbocycles. The molecule has 1 amide bonds. The summed E-state index contributed by atoms with van der Waals surface area (Å²) in [6, 6.07) is 2.41. The topological polar surface area (TPSA) is 79.7 Å². The van der Waals surface area contributed by atoms with Crippen molar-refractivity contribution in [1.82, 2.24) is 9.88 Å². The highest BCUT2D eigenvalue weighted by molar-refractivity contribution is 7.99. The summed E-state index contributed by atoms with van der Waals surface area (Å²) in [4.78, 5) is 28.6. The molecule has 0 aliphatic carbocycles. The molecule has 0 saturated carbocycles. The number of pyridine rings is 1. The van der Waals surface area contributed by atoms with Gasteiger partial charge in [-0.1, -0.05) is 0 Å². The van der Waals surface area contributed by atoms with Gasteiger partial charge in [0, 0.05) is 11.9 Å². The lowest BCUT2D eigenvalue weighted by Gasteiger charge is -2.20. The van der Waals surface area contributed by atoms with Gasteiger partial charge in [-0.25, -0.2) is 9.78 Å². The maximum absolute atomic E-state index is 12.3. The predicted molar refractivity (Wildman–Crippen MR) is 65.7 cm³/mol. The molecule has 18 heavy (non-hydrogen) atoms. The lowest BCUT2D eigenvalue weighted by Crippen LogP contribution is -2.41. The van der Waals surface area contributed by atoms with E-state index < -0.39 is 12.0 Å². The first kappa shape index (κ1) is 12.7. The summed E-state index contributed by atoms with van der Waals surface area (Å²) >= 11 is 1.42. The molecule has 0 radical (unpaired) electrons. The van der Waals surface area contributed by atoms with Crippen molar-refractivity contribution < 1.29 is 19.4 Å². The van der Waals surface area contributed by atoms with E-state index in [1.807, 2.05) is 0 Å². The second-order valence-corrected chi connectivity index (χ2v) is 4.69. The Hall–Kier alpha value is -1.76. The highest BCUT2D eigenvalue weighted by atomic mass is 32.2. The van der Waals surface area contributed by atoms with Crippen molar-refractivity contribution in [2.45, 2.75) is 6.04 Å². The zero-order chi connectivity index (χ0) is 13.1. The van der Waals surface area contributed by atoms with Crippen molar-refractivity contribution in [3.63, 3.8) is 0 Å². The van der Waals surface area contributed by atoms with Gasteiger partial charge in [-0.15, -0.1) is 11.8 Å². The van der Waals surface area contributed by atoms with Crippen LogP contribution in [0.5, 0.6) is 5.88 Å². The fourth-order valence-electron chi connectivity index (χ4n) is 1.72. The molecule has 1 N–H and O–H groups in total. The van der Waals surface area contributed by atoms with Crippen molar-refractivity contribution in [1.29, 1.82) is 0 Å². The summed E-state index contributed by atoms with van der Waals surface area (Å²) in [5.74, 6) is -0.366. The number of carbonyl (C=O) groups is 2. The minimum absolute atomic E-state index is 0.212. The number of nitrogens with zero attached hydrogens (tertiary/aromatic N) is 2. The van der Waals surface area contributed by atoms with Crippen molar-refractivity contribution in [3.05, 3.63) is 23.9 Å². The van der Waals surface area contributed by atoms with E-state index in [4.69, 9.17) is 9.84 Å². The Morgan fingerprint density at radius 3 is 3.06 bits per heavy atom. The molecule has 0 bridgehead atoms. The standard InChI is InChI=1S/C11H12N2O4S/c1-17-9-7(3-2-4-12-9)10(14)13-6-18-5-8(13)11(15)16/h2-4,8H,5-6H2,1H3,(H,15,16). The smallest absolute Gasteiger partial charge is 0.327 e. The monoisotopic (exact) mass is 268 g/mol. The molecule has 7 heteroatoms. The summed E-state index contributed by atoms with van der Waals surface area (Å²) in [6.07, 6.45) is 1.52. The van der Waals surface area contributed by atoms with Crippen LogP contribution in [0.3, 0.4) is 0 Å². The molecule has 2 heterocycles. The number of rotatable bonds is 3.